The number of nitriles is 1. The molecule has 1 aliphatic rings. The number of likely N-dealkylation sites (N-methyl/N-ethyl adjacent to an activating group) is 1. The molecule has 1 aromatic heterocycles. The Kier molecular flexibility index (Phi) is 7.82. The van der Waals surface area contributed by atoms with Gasteiger partial charge in [-0.1, -0.05) is 42.5 Å². The van der Waals surface area contributed by atoms with Gasteiger partial charge in [-0.3, -0.25) is 25.2 Å². The van der Waals surface area contributed by atoms with Crippen molar-refractivity contribution in [1.82, 2.24) is 14.9 Å². The van der Waals surface area contributed by atoms with Crippen LogP contribution in [0, 0.1) is 31.6 Å². The van der Waals surface area contributed by atoms with E-state index in [2.05, 4.69) is 20.4 Å². The van der Waals surface area contributed by atoms with Gasteiger partial charge in [0.05, 0.1) is 28.0 Å². The topological polar surface area (TPSA) is 182 Å². The smallest absolute Gasteiger partial charge is 0.353 e. The Hall–Kier alpha value is -6.10. The molecule has 4 aromatic rings. The molecule has 0 amide bonds. The highest BCUT2D eigenvalue weighted by Crippen LogP contribution is 2.38. The second-order valence-corrected chi connectivity index (χ2v) is 9.08. The SMILES string of the molecule is CN1CCN=C1c1cccc(ONc2nc(Cc3ccccc3)c([N+](=O)[O-])c(Oc3cc(C#N)ccc3[N+](=O)[O-])n2)c1. The van der Waals surface area contributed by atoms with Crippen LogP contribution < -0.4 is 15.1 Å². The lowest BCUT2D eigenvalue weighted by Gasteiger charge is -2.15. The minimum absolute atomic E-state index is 0.0205. The number of hydrogen-bond acceptors (Lipinski definition) is 12. The predicted octanol–water partition coefficient (Wildman–Crippen LogP) is 4.65. The summed E-state index contributed by atoms with van der Waals surface area (Å²) in [6, 6.07) is 21.3. The predicted molar refractivity (Wildman–Crippen MR) is 151 cm³/mol. The van der Waals surface area contributed by atoms with Crippen LogP contribution in [0.2, 0.25) is 0 Å². The van der Waals surface area contributed by atoms with Gasteiger partial charge in [0.2, 0.25) is 5.75 Å². The standard InChI is InChI=1S/C28H22N8O6/c1-34-13-12-30-26(34)20-8-5-9-21(16-20)42-33-28-31-22(14-18-6-3-2-4-7-18)25(36(39)40)27(32-28)41-24-15-19(17-29)10-11-23(24)35(37)38/h2-11,15-16H,12-14H2,1H3,(H,31,32,33). The van der Waals surface area contributed by atoms with Crippen molar-refractivity contribution in [3.8, 4) is 23.4 Å². The molecule has 42 heavy (non-hydrogen) atoms. The lowest BCUT2D eigenvalue weighted by Crippen LogP contribution is -2.23. The molecule has 5 rings (SSSR count). The Morgan fingerprint density at radius 3 is 2.52 bits per heavy atom. The number of ether oxygens (including phenoxy) is 1. The van der Waals surface area contributed by atoms with E-state index >= 15 is 0 Å². The zero-order valence-electron chi connectivity index (χ0n) is 22.1. The Morgan fingerprint density at radius 2 is 1.83 bits per heavy atom. The van der Waals surface area contributed by atoms with Crippen LogP contribution in [0.25, 0.3) is 0 Å². The second-order valence-electron chi connectivity index (χ2n) is 9.08. The normalized spacial score (nSPS) is 12.3. The Bertz CT molecular complexity index is 1740. The van der Waals surface area contributed by atoms with Crippen molar-refractivity contribution in [2.45, 2.75) is 6.42 Å². The van der Waals surface area contributed by atoms with Gasteiger partial charge in [0.15, 0.2) is 5.75 Å². The minimum atomic E-state index is -0.726. The molecule has 0 atom stereocenters. The third kappa shape index (κ3) is 6.05. The van der Waals surface area contributed by atoms with Crippen LogP contribution in [0.5, 0.6) is 17.4 Å². The summed E-state index contributed by atoms with van der Waals surface area (Å²) in [5.41, 5.74) is 3.07. The third-order valence-corrected chi connectivity index (χ3v) is 6.22. The lowest BCUT2D eigenvalue weighted by molar-refractivity contribution is -0.388. The van der Waals surface area contributed by atoms with Crippen molar-refractivity contribution in [3.05, 3.63) is 115 Å². The number of aromatic nitrogens is 2. The van der Waals surface area contributed by atoms with Crippen molar-refractivity contribution in [1.29, 1.82) is 5.26 Å². The summed E-state index contributed by atoms with van der Waals surface area (Å²) in [6.07, 6.45) is 0.0205. The summed E-state index contributed by atoms with van der Waals surface area (Å²) >= 11 is 0. The summed E-state index contributed by atoms with van der Waals surface area (Å²) in [5, 5.41) is 33.2. The minimum Gasteiger partial charge on any atom is -0.426 e. The first-order valence-corrected chi connectivity index (χ1v) is 12.6. The van der Waals surface area contributed by atoms with Gasteiger partial charge in [-0.05, 0) is 23.8 Å². The highest BCUT2D eigenvalue weighted by Gasteiger charge is 2.29. The average Bonchev–Trinajstić information content (AvgIpc) is 3.42. The molecule has 0 saturated carbocycles. The van der Waals surface area contributed by atoms with Crippen LogP contribution in [0.1, 0.15) is 22.4 Å². The molecule has 210 valence electrons. The Morgan fingerprint density at radius 1 is 1.02 bits per heavy atom. The van der Waals surface area contributed by atoms with Crippen molar-refractivity contribution < 1.29 is 19.4 Å². The highest BCUT2D eigenvalue weighted by molar-refractivity contribution is 5.99. The van der Waals surface area contributed by atoms with Crippen LogP contribution in [0.3, 0.4) is 0 Å². The van der Waals surface area contributed by atoms with E-state index in [1.807, 2.05) is 24.1 Å². The number of nitro benzene ring substituents is 1. The number of nitro groups is 2. The quantitative estimate of drug-likeness (QED) is 0.208. The van der Waals surface area contributed by atoms with Crippen LogP contribution in [0.15, 0.2) is 77.8 Å². The molecule has 3 aromatic carbocycles. The van der Waals surface area contributed by atoms with Crippen LogP contribution in [-0.2, 0) is 6.42 Å². The Balaban J connectivity index is 1.53. The fraction of sp³-hybridized carbons (Fsp3) is 0.143. The van der Waals surface area contributed by atoms with Crippen LogP contribution in [-0.4, -0.2) is 50.7 Å². The summed E-state index contributed by atoms with van der Waals surface area (Å²) in [4.78, 5) is 43.1. The fourth-order valence-electron chi connectivity index (χ4n) is 4.26. The zero-order valence-corrected chi connectivity index (χ0v) is 22.1. The number of hydrogen-bond donors (Lipinski definition) is 1. The Labute approximate surface area is 238 Å². The van der Waals surface area contributed by atoms with Crippen molar-refractivity contribution in [2.24, 2.45) is 4.99 Å². The lowest BCUT2D eigenvalue weighted by atomic mass is 10.1. The number of nitrogens with one attached hydrogen (secondary N) is 1. The summed E-state index contributed by atoms with van der Waals surface area (Å²) < 4.78 is 5.67. The molecular formula is C28H22N8O6. The molecule has 0 spiro atoms. The molecule has 0 fully saturated rings. The van der Waals surface area contributed by atoms with E-state index in [-0.39, 0.29) is 23.6 Å². The van der Waals surface area contributed by atoms with E-state index in [0.29, 0.717) is 17.9 Å². The first-order valence-electron chi connectivity index (χ1n) is 12.6. The monoisotopic (exact) mass is 566 g/mol. The molecule has 1 aliphatic heterocycles. The first-order chi connectivity index (χ1) is 20.3. The van der Waals surface area contributed by atoms with Gasteiger partial charge >= 0.3 is 17.3 Å². The molecule has 14 nitrogen and oxygen atoms in total. The van der Waals surface area contributed by atoms with Gasteiger partial charge in [-0.15, -0.1) is 0 Å². The van der Waals surface area contributed by atoms with Gasteiger partial charge < -0.3 is 14.5 Å². The average molecular weight is 567 g/mol. The van der Waals surface area contributed by atoms with E-state index in [4.69, 9.17) is 9.57 Å². The van der Waals surface area contributed by atoms with Crippen LogP contribution in [0.4, 0.5) is 17.3 Å². The van der Waals surface area contributed by atoms with Crippen molar-refractivity contribution in [3.63, 3.8) is 0 Å². The summed E-state index contributed by atoms with van der Waals surface area (Å²) in [6.45, 7) is 1.49. The van der Waals surface area contributed by atoms with Crippen molar-refractivity contribution in [2.75, 3.05) is 25.6 Å². The van der Waals surface area contributed by atoms with E-state index in [1.54, 1.807) is 48.5 Å². The molecule has 0 aliphatic carbocycles. The highest BCUT2D eigenvalue weighted by atomic mass is 16.7. The van der Waals surface area contributed by atoms with E-state index < -0.39 is 32.9 Å². The van der Waals surface area contributed by atoms with E-state index in [0.717, 1.165) is 30.1 Å². The molecular weight excluding hydrogens is 544 g/mol. The first kappa shape index (κ1) is 27.5. The van der Waals surface area contributed by atoms with E-state index in [9.17, 15) is 25.5 Å². The second kappa shape index (κ2) is 12.0. The number of benzene rings is 3. The van der Waals surface area contributed by atoms with Crippen LogP contribution >= 0.6 is 0 Å². The molecule has 1 N–H and O–H groups in total. The molecule has 0 unspecified atom stereocenters. The van der Waals surface area contributed by atoms with Gasteiger partial charge in [0, 0.05) is 37.7 Å². The zero-order chi connectivity index (χ0) is 29.6. The maximum Gasteiger partial charge on any atom is 0.353 e. The molecule has 0 bridgehead atoms. The maximum absolute atomic E-state index is 12.2. The molecule has 0 saturated heterocycles. The number of amidine groups is 1. The number of rotatable bonds is 10. The summed E-state index contributed by atoms with van der Waals surface area (Å²) in [7, 11) is 1.94. The van der Waals surface area contributed by atoms with Crippen molar-refractivity contribution >= 4 is 23.2 Å². The number of nitrogens with zero attached hydrogens (tertiary/aromatic N) is 7. The largest absolute Gasteiger partial charge is 0.426 e. The van der Waals surface area contributed by atoms with Gasteiger partial charge in [0.25, 0.3) is 5.95 Å². The van der Waals surface area contributed by atoms with Gasteiger partial charge in [-0.2, -0.15) is 15.7 Å². The van der Waals surface area contributed by atoms with Gasteiger partial charge in [0.1, 0.15) is 11.5 Å². The third-order valence-electron chi connectivity index (χ3n) is 6.22. The number of anilines is 1. The number of aliphatic imine (C=N–C) groups is 1. The molecule has 2 heterocycles. The summed E-state index contributed by atoms with van der Waals surface area (Å²) in [5.74, 6) is 0.0470. The molecule has 0 radical (unpaired) electrons. The fourth-order valence-corrected chi connectivity index (χ4v) is 4.26. The maximum atomic E-state index is 12.2. The molecule has 14 heteroatoms. The van der Waals surface area contributed by atoms with Gasteiger partial charge in [-0.25, -0.2) is 4.98 Å². The van der Waals surface area contributed by atoms with E-state index in [1.165, 1.54) is 6.07 Å².